The number of carboxylic acid groups (broad SMARTS) is 1. The van der Waals surface area contributed by atoms with Gasteiger partial charge in [0.15, 0.2) is 0 Å². The minimum absolute atomic E-state index is 0.0797. The lowest BCUT2D eigenvalue weighted by Gasteiger charge is -2.23. The van der Waals surface area contributed by atoms with E-state index in [-0.39, 0.29) is 11.8 Å². The van der Waals surface area contributed by atoms with Crippen molar-refractivity contribution in [2.24, 2.45) is 23.7 Å². The van der Waals surface area contributed by atoms with Gasteiger partial charge in [-0.15, -0.1) is 0 Å². The molecule has 1 aromatic heterocycles. The lowest BCUT2D eigenvalue weighted by atomic mass is 9.82. The average Bonchev–Trinajstić information content (AvgIpc) is 3.14. The van der Waals surface area contributed by atoms with Crippen molar-refractivity contribution in [2.45, 2.75) is 6.42 Å². The molecule has 0 saturated heterocycles. The van der Waals surface area contributed by atoms with Crippen LogP contribution in [-0.2, 0) is 9.59 Å². The monoisotopic (exact) mass is 301 g/mol. The number of carbonyl (C=O) groups is 3. The highest BCUT2D eigenvalue weighted by atomic mass is 16.4. The van der Waals surface area contributed by atoms with Crippen LogP contribution in [0.4, 0.5) is 0 Å². The second-order valence-electron chi connectivity index (χ2n) is 5.52. The molecule has 2 bridgehead atoms. The lowest BCUT2D eigenvalue weighted by Crippen LogP contribution is -2.48. The van der Waals surface area contributed by atoms with E-state index in [1.54, 1.807) is 0 Å². The second-order valence-corrected chi connectivity index (χ2v) is 5.52. The Kier molecular flexibility index (Phi) is 3.62. The standard InChI is InChI=1S/C15H15N3O4/c19-13(8-3-5-16-6-4-8)17-18-14(20)11-9-1-2-10(7-9)12(11)15(21)22/h1-6,9-12H,7H2,(H,17,19)(H,18,20)(H,21,22). The smallest absolute Gasteiger partial charge is 0.307 e. The van der Waals surface area contributed by atoms with E-state index in [0.29, 0.717) is 12.0 Å². The summed E-state index contributed by atoms with van der Waals surface area (Å²) in [5.74, 6) is -3.47. The van der Waals surface area contributed by atoms with Crippen molar-refractivity contribution in [3.8, 4) is 0 Å². The topological polar surface area (TPSA) is 108 Å². The van der Waals surface area contributed by atoms with Crippen LogP contribution in [0.2, 0.25) is 0 Å². The fourth-order valence-corrected chi connectivity index (χ4v) is 3.29. The summed E-state index contributed by atoms with van der Waals surface area (Å²) in [6.07, 6.45) is 7.37. The van der Waals surface area contributed by atoms with Crippen molar-refractivity contribution in [2.75, 3.05) is 0 Å². The minimum Gasteiger partial charge on any atom is -0.481 e. The zero-order chi connectivity index (χ0) is 15.7. The van der Waals surface area contributed by atoms with Gasteiger partial charge in [0, 0.05) is 18.0 Å². The molecule has 7 heteroatoms. The maximum absolute atomic E-state index is 12.3. The number of fused-ring (bicyclic) bond motifs is 2. The second kappa shape index (κ2) is 5.59. The van der Waals surface area contributed by atoms with Crippen LogP contribution < -0.4 is 10.9 Å². The molecule has 0 aliphatic heterocycles. The van der Waals surface area contributed by atoms with E-state index < -0.39 is 29.6 Å². The zero-order valence-corrected chi connectivity index (χ0v) is 11.6. The van der Waals surface area contributed by atoms with Gasteiger partial charge in [-0.05, 0) is 30.4 Å². The third-order valence-electron chi connectivity index (χ3n) is 4.29. The highest BCUT2D eigenvalue weighted by molar-refractivity contribution is 5.96. The molecule has 2 aliphatic carbocycles. The number of carbonyl (C=O) groups excluding carboxylic acids is 2. The van der Waals surface area contributed by atoms with Gasteiger partial charge in [0.05, 0.1) is 11.8 Å². The number of aliphatic carboxylic acids is 1. The first-order valence-corrected chi connectivity index (χ1v) is 6.99. The minimum atomic E-state index is -0.975. The van der Waals surface area contributed by atoms with Crippen LogP contribution in [0.3, 0.4) is 0 Å². The molecule has 0 spiro atoms. The van der Waals surface area contributed by atoms with Crippen LogP contribution >= 0.6 is 0 Å². The van der Waals surface area contributed by atoms with Crippen molar-refractivity contribution in [3.63, 3.8) is 0 Å². The Balaban J connectivity index is 1.64. The summed E-state index contributed by atoms with van der Waals surface area (Å²) in [4.78, 5) is 39.3. The van der Waals surface area contributed by atoms with Gasteiger partial charge in [0.25, 0.3) is 5.91 Å². The summed E-state index contributed by atoms with van der Waals surface area (Å²) in [5, 5.41) is 9.30. The quantitative estimate of drug-likeness (QED) is 0.552. The van der Waals surface area contributed by atoms with Crippen LogP contribution in [0.15, 0.2) is 36.7 Å². The molecule has 3 rings (SSSR count). The zero-order valence-electron chi connectivity index (χ0n) is 11.6. The number of hydrogen-bond donors (Lipinski definition) is 3. The molecule has 2 aliphatic rings. The summed E-state index contributed by atoms with van der Waals surface area (Å²) in [5.41, 5.74) is 5.01. The molecular weight excluding hydrogens is 286 g/mol. The van der Waals surface area contributed by atoms with E-state index in [4.69, 9.17) is 0 Å². The van der Waals surface area contributed by atoms with E-state index in [1.807, 2.05) is 12.2 Å². The highest BCUT2D eigenvalue weighted by Gasteiger charge is 2.51. The fourth-order valence-electron chi connectivity index (χ4n) is 3.29. The largest absolute Gasteiger partial charge is 0.481 e. The van der Waals surface area contributed by atoms with Crippen molar-refractivity contribution >= 4 is 17.8 Å². The number of nitrogens with zero attached hydrogens (tertiary/aromatic N) is 1. The Hall–Kier alpha value is -2.70. The van der Waals surface area contributed by atoms with E-state index in [2.05, 4.69) is 15.8 Å². The number of nitrogens with one attached hydrogen (secondary N) is 2. The molecule has 2 amide bonds. The highest BCUT2D eigenvalue weighted by Crippen LogP contribution is 2.48. The fraction of sp³-hybridized carbons (Fsp3) is 0.333. The average molecular weight is 301 g/mol. The molecule has 4 unspecified atom stereocenters. The lowest BCUT2D eigenvalue weighted by molar-refractivity contribution is -0.148. The third kappa shape index (κ3) is 2.45. The molecule has 114 valence electrons. The maximum atomic E-state index is 12.3. The van der Waals surface area contributed by atoms with Crippen molar-refractivity contribution in [3.05, 3.63) is 42.2 Å². The van der Waals surface area contributed by atoms with Gasteiger partial charge in [0.2, 0.25) is 5.91 Å². The van der Waals surface area contributed by atoms with Gasteiger partial charge < -0.3 is 5.11 Å². The number of amides is 2. The Morgan fingerprint density at radius 3 is 2.32 bits per heavy atom. The van der Waals surface area contributed by atoms with E-state index in [0.717, 1.165) is 0 Å². The first-order chi connectivity index (χ1) is 10.6. The molecule has 7 nitrogen and oxygen atoms in total. The Labute approximate surface area is 126 Å². The predicted molar refractivity (Wildman–Crippen MR) is 75.2 cm³/mol. The van der Waals surface area contributed by atoms with Gasteiger partial charge in [-0.3, -0.25) is 30.2 Å². The Bertz CT molecular complexity index is 643. The summed E-state index contributed by atoms with van der Waals surface area (Å²) >= 11 is 0. The SMILES string of the molecule is O=C(NNC(=O)C1C2C=CC(C2)C1C(=O)O)c1ccncc1. The molecule has 1 saturated carbocycles. The molecule has 4 atom stereocenters. The molecule has 0 aromatic carbocycles. The van der Waals surface area contributed by atoms with E-state index in [9.17, 15) is 19.5 Å². The van der Waals surface area contributed by atoms with Gasteiger partial charge in [-0.2, -0.15) is 0 Å². The molecule has 1 fully saturated rings. The first-order valence-electron chi connectivity index (χ1n) is 6.99. The number of aromatic nitrogens is 1. The Morgan fingerprint density at radius 2 is 1.68 bits per heavy atom. The number of pyridine rings is 1. The molecule has 22 heavy (non-hydrogen) atoms. The molecule has 1 heterocycles. The van der Waals surface area contributed by atoms with Crippen molar-refractivity contribution < 1.29 is 19.5 Å². The van der Waals surface area contributed by atoms with Gasteiger partial charge in [-0.1, -0.05) is 12.2 Å². The Morgan fingerprint density at radius 1 is 1.05 bits per heavy atom. The van der Waals surface area contributed by atoms with Crippen LogP contribution in [0.25, 0.3) is 0 Å². The number of hydrogen-bond acceptors (Lipinski definition) is 4. The number of hydrazine groups is 1. The van der Waals surface area contributed by atoms with E-state index >= 15 is 0 Å². The molecule has 0 radical (unpaired) electrons. The van der Waals surface area contributed by atoms with Crippen LogP contribution in [0, 0.1) is 23.7 Å². The van der Waals surface area contributed by atoms with E-state index in [1.165, 1.54) is 24.5 Å². The van der Waals surface area contributed by atoms with Crippen LogP contribution in [-0.4, -0.2) is 27.9 Å². The summed E-state index contributed by atoms with van der Waals surface area (Å²) < 4.78 is 0. The normalized spacial score (nSPS) is 28.4. The predicted octanol–water partition coefficient (Wildman–Crippen LogP) is 0.365. The number of allylic oxidation sites excluding steroid dienone is 2. The van der Waals surface area contributed by atoms with Crippen LogP contribution in [0.1, 0.15) is 16.8 Å². The van der Waals surface area contributed by atoms with Crippen molar-refractivity contribution in [1.29, 1.82) is 0 Å². The van der Waals surface area contributed by atoms with Gasteiger partial charge >= 0.3 is 5.97 Å². The number of carboxylic acids is 1. The maximum Gasteiger partial charge on any atom is 0.307 e. The third-order valence-corrected chi connectivity index (χ3v) is 4.29. The summed E-state index contributed by atoms with van der Waals surface area (Å²) in [6.45, 7) is 0. The van der Waals surface area contributed by atoms with Crippen molar-refractivity contribution in [1.82, 2.24) is 15.8 Å². The molecule has 3 N–H and O–H groups in total. The number of rotatable bonds is 3. The molecular formula is C15H15N3O4. The molecule has 1 aromatic rings. The van der Waals surface area contributed by atoms with Crippen LogP contribution in [0.5, 0.6) is 0 Å². The summed E-state index contributed by atoms with van der Waals surface area (Å²) in [7, 11) is 0. The first kappa shape index (κ1) is 14.2. The van der Waals surface area contributed by atoms with Gasteiger partial charge in [-0.25, -0.2) is 0 Å². The van der Waals surface area contributed by atoms with Gasteiger partial charge in [0.1, 0.15) is 0 Å². The summed E-state index contributed by atoms with van der Waals surface area (Å²) in [6, 6.07) is 3.03.